The largest absolute Gasteiger partial charge is 0.497 e. The minimum atomic E-state index is -2.52. The van der Waals surface area contributed by atoms with Crippen LogP contribution in [0.2, 0.25) is 0 Å². The van der Waals surface area contributed by atoms with Gasteiger partial charge in [-0.2, -0.15) is 0 Å². The topological polar surface area (TPSA) is 46.6 Å². The molecule has 1 aliphatic heterocycles. The van der Waals surface area contributed by atoms with E-state index in [1.165, 1.54) is 29.2 Å². The zero-order valence-corrected chi connectivity index (χ0v) is 8.60. The Morgan fingerprint density at radius 1 is 1.44 bits per heavy atom. The fraction of sp³-hybridized carbons (Fsp3) is 0.333. The quantitative estimate of drug-likeness (QED) is 0.712. The van der Waals surface area contributed by atoms with Gasteiger partial charge < -0.3 is 4.74 Å². The second-order valence-electron chi connectivity index (χ2n) is 3.58. The van der Waals surface area contributed by atoms with Crippen molar-refractivity contribution in [2.75, 3.05) is 13.6 Å². The number of ether oxygens (including phenoxy) is 1. The van der Waals surface area contributed by atoms with Gasteiger partial charge in [0.15, 0.2) is 0 Å². The summed E-state index contributed by atoms with van der Waals surface area (Å²) in [6.07, 6.45) is 1.08. The number of hydrogen-bond acceptors (Lipinski definition) is 3. The van der Waals surface area contributed by atoms with Gasteiger partial charge in [-0.15, -0.1) is 0 Å². The summed E-state index contributed by atoms with van der Waals surface area (Å²) in [5.74, 6) is -0.375. The van der Waals surface area contributed by atoms with E-state index in [1.807, 2.05) is 0 Å². The molecule has 2 rings (SSSR count). The van der Waals surface area contributed by atoms with Crippen LogP contribution in [-0.2, 0) is 4.79 Å². The van der Waals surface area contributed by atoms with Gasteiger partial charge in [0.05, 0.1) is 11.2 Å². The molecule has 1 aromatic carbocycles. The molecular formula is C12H13NO3. The van der Waals surface area contributed by atoms with Gasteiger partial charge in [-0.25, -0.2) is 0 Å². The van der Waals surface area contributed by atoms with Crippen molar-refractivity contribution in [1.29, 1.82) is 0 Å². The molecule has 4 heteroatoms. The Balaban J connectivity index is 2.10. The number of nitrogens with zero attached hydrogens (tertiary/aromatic N) is 1. The third-order valence-corrected chi connectivity index (χ3v) is 2.54. The van der Waals surface area contributed by atoms with Crippen LogP contribution >= 0.6 is 0 Å². The van der Waals surface area contributed by atoms with Crippen LogP contribution in [0.4, 0.5) is 0 Å². The summed E-state index contributed by atoms with van der Waals surface area (Å²) in [5, 5.41) is 0. The van der Waals surface area contributed by atoms with Gasteiger partial charge >= 0.3 is 0 Å². The number of hydrogen-bond donors (Lipinski definition) is 0. The molecule has 0 saturated carbocycles. The summed E-state index contributed by atoms with van der Waals surface area (Å²) in [6, 6.07) is 5.71. The van der Waals surface area contributed by atoms with E-state index in [0.717, 1.165) is 0 Å². The molecular weight excluding hydrogens is 206 g/mol. The zero-order chi connectivity index (χ0) is 14.0. The van der Waals surface area contributed by atoms with E-state index in [2.05, 4.69) is 0 Å². The molecule has 0 radical (unpaired) electrons. The fourth-order valence-electron chi connectivity index (χ4n) is 1.68. The summed E-state index contributed by atoms with van der Waals surface area (Å²) in [6.45, 7) is 0.436. The van der Waals surface area contributed by atoms with Crippen LogP contribution in [0, 0.1) is 0 Å². The van der Waals surface area contributed by atoms with Crippen LogP contribution in [0.5, 0.6) is 5.75 Å². The van der Waals surface area contributed by atoms with Crippen molar-refractivity contribution in [3.63, 3.8) is 0 Å². The number of amides is 2. The Labute approximate surface area is 98.0 Å². The Morgan fingerprint density at radius 3 is 2.75 bits per heavy atom. The van der Waals surface area contributed by atoms with E-state index >= 15 is 0 Å². The normalized spacial score (nSPS) is 18.9. The number of carbonyl (C=O) groups is 2. The SMILES string of the molecule is [2H]C([2H])([2H])Oc1ccc(C(=O)N2CCCC2=O)cc1. The van der Waals surface area contributed by atoms with E-state index in [9.17, 15) is 9.59 Å². The van der Waals surface area contributed by atoms with Crippen LogP contribution in [-0.4, -0.2) is 30.3 Å². The Bertz CT molecular complexity index is 496. The first-order valence-corrected chi connectivity index (χ1v) is 5.00. The first kappa shape index (κ1) is 7.44. The molecule has 4 nitrogen and oxygen atoms in total. The highest BCUT2D eigenvalue weighted by atomic mass is 16.5. The molecule has 0 unspecified atom stereocenters. The van der Waals surface area contributed by atoms with Crippen LogP contribution in [0.1, 0.15) is 27.3 Å². The Kier molecular flexibility index (Phi) is 2.02. The monoisotopic (exact) mass is 222 g/mol. The number of rotatable bonds is 2. The molecule has 0 atom stereocenters. The molecule has 84 valence electrons. The smallest absolute Gasteiger partial charge is 0.260 e. The summed E-state index contributed by atoms with van der Waals surface area (Å²) < 4.78 is 25.6. The predicted octanol–water partition coefficient (Wildman–Crippen LogP) is 1.46. The van der Waals surface area contributed by atoms with Crippen molar-refractivity contribution in [1.82, 2.24) is 4.90 Å². The summed E-state index contributed by atoms with van der Waals surface area (Å²) in [4.78, 5) is 24.7. The molecule has 1 aliphatic rings. The second-order valence-corrected chi connectivity index (χ2v) is 3.58. The number of imide groups is 1. The highest BCUT2D eigenvalue weighted by Gasteiger charge is 2.26. The van der Waals surface area contributed by atoms with Gasteiger partial charge in [-0.3, -0.25) is 14.5 Å². The molecule has 0 N–H and O–H groups in total. The minimum Gasteiger partial charge on any atom is -0.497 e. The predicted molar refractivity (Wildman–Crippen MR) is 58.3 cm³/mol. The fourth-order valence-corrected chi connectivity index (χ4v) is 1.68. The zero-order valence-electron chi connectivity index (χ0n) is 11.6. The summed E-state index contributed by atoms with van der Waals surface area (Å²) in [7, 11) is -2.52. The molecule has 16 heavy (non-hydrogen) atoms. The number of carbonyl (C=O) groups excluding carboxylic acids is 2. The lowest BCUT2D eigenvalue weighted by molar-refractivity contribution is -0.125. The van der Waals surface area contributed by atoms with E-state index in [0.29, 0.717) is 24.9 Å². The third kappa shape index (κ3) is 1.91. The van der Waals surface area contributed by atoms with Gasteiger partial charge in [0, 0.05) is 18.5 Å². The second kappa shape index (κ2) is 4.35. The van der Waals surface area contributed by atoms with Gasteiger partial charge in [0.2, 0.25) is 5.91 Å². The first-order valence-electron chi connectivity index (χ1n) is 6.50. The molecule has 0 bridgehead atoms. The summed E-state index contributed by atoms with van der Waals surface area (Å²) in [5.41, 5.74) is 0.341. The maximum atomic E-state index is 12.0. The van der Waals surface area contributed by atoms with Crippen molar-refractivity contribution >= 4 is 11.8 Å². The van der Waals surface area contributed by atoms with E-state index < -0.39 is 7.04 Å². The molecule has 0 spiro atoms. The number of benzene rings is 1. The van der Waals surface area contributed by atoms with Crippen molar-refractivity contribution in [2.24, 2.45) is 0 Å². The molecule has 1 saturated heterocycles. The maximum Gasteiger partial charge on any atom is 0.260 e. The average molecular weight is 222 g/mol. The van der Waals surface area contributed by atoms with Crippen molar-refractivity contribution in [3.05, 3.63) is 29.8 Å². The van der Waals surface area contributed by atoms with Crippen molar-refractivity contribution in [2.45, 2.75) is 12.8 Å². The van der Waals surface area contributed by atoms with Gasteiger partial charge in [0.25, 0.3) is 5.91 Å². The van der Waals surface area contributed by atoms with Crippen LogP contribution in [0.3, 0.4) is 0 Å². The highest BCUT2D eigenvalue weighted by Crippen LogP contribution is 2.16. The lowest BCUT2D eigenvalue weighted by Crippen LogP contribution is -2.31. The molecule has 2 amide bonds. The van der Waals surface area contributed by atoms with Gasteiger partial charge in [0.1, 0.15) is 5.75 Å². The minimum absolute atomic E-state index is 0.157. The molecule has 0 aliphatic carbocycles. The molecule has 1 aromatic rings. The van der Waals surface area contributed by atoms with E-state index in [-0.39, 0.29) is 17.6 Å². The van der Waals surface area contributed by atoms with Crippen LogP contribution < -0.4 is 4.74 Å². The molecule has 1 heterocycles. The average Bonchev–Trinajstić information content (AvgIpc) is 2.73. The van der Waals surface area contributed by atoms with Gasteiger partial charge in [-0.1, -0.05) is 0 Å². The highest BCUT2D eigenvalue weighted by molar-refractivity contribution is 6.05. The number of likely N-dealkylation sites (tertiary alicyclic amines) is 1. The molecule has 0 aromatic heterocycles. The van der Waals surface area contributed by atoms with E-state index in [1.54, 1.807) is 0 Å². The first-order chi connectivity index (χ1) is 8.87. The number of methoxy groups -OCH3 is 1. The third-order valence-electron chi connectivity index (χ3n) is 2.54. The maximum absolute atomic E-state index is 12.0. The Hall–Kier alpha value is -1.84. The molecule has 1 fully saturated rings. The lowest BCUT2D eigenvalue weighted by atomic mass is 10.2. The van der Waals surface area contributed by atoms with Crippen molar-refractivity contribution in [3.8, 4) is 5.75 Å². The Morgan fingerprint density at radius 2 is 2.19 bits per heavy atom. The summed E-state index contributed by atoms with van der Waals surface area (Å²) >= 11 is 0. The van der Waals surface area contributed by atoms with Crippen LogP contribution in [0.25, 0.3) is 0 Å². The van der Waals surface area contributed by atoms with Crippen LogP contribution in [0.15, 0.2) is 24.3 Å². The lowest BCUT2D eigenvalue weighted by Gasteiger charge is -2.13. The van der Waals surface area contributed by atoms with Gasteiger partial charge in [-0.05, 0) is 30.7 Å². The standard InChI is InChI=1S/C12H13NO3/c1-16-10-6-4-9(5-7-10)12(15)13-8-2-3-11(13)14/h4-7H,2-3,8H2,1H3/i1D3. The van der Waals surface area contributed by atoms with Crippen molar-refractivity contribution < 1.29 is 18.4 Å². The van der Waals surface area contributed by atoms with E-state index in [4.69, 9.17) is 8.85 Å².